The molecule has 1 amide bonds. The second-order valence-electron chi connectivity index (χ2n) is 8.52. The van der Waals surface area contributed by atoms with E-state index in [1.165, 1.54) is 6.07 Å². The Bertz CT molecular complexity index is 1070. The Morgan fingerprint density at radius 3 is 2.44 bits per heavy atom. The van der Waals surface area contributed by atoms with E-state index in [9.17, 15) is 9.18 Å². The molecule has 0 saturated carbocycles. The van der Waals surface area contributed by atoms with Gasteiger partial charge < -0.3 is 14.8 Å². The summed E-state index contributed by atoms with van der Waals surface area (Å²) in [5.74, 6) is 1.04. The molecule has 1 aliphatic heterocycles. The molecule has 3 aromatic rings. The number of nitrogens with one attached hydrogen (secondary N) is 1. The van der Waals surface area contributed by atoms with Crippen molar-refractivity contribution in [3.63, 3.8) is 0 Å². The van der Waals surface area contributed by atoms with E-state index < -0.39 is 6.04 Å². The molecule has 1 aliphatic rings. The Kier molecular flexibility index (Phi) is 8.15. The standard InChI is InChI=1S/C28H31FN2O3/c1-33-24-11-7-8-22(20-24)27(25-12-5-6-13-26(25)29)30-28(32)21-14-16-31(17-15-21)18-19-34-23-9-3-2-4-10-23/h2-13,20-21,27H,14-19H2,1H3,(H,30,32). The summed E-state index contributed by atoms with van der Waals surface area (Å²) in [6.45, 7) is 3.11. The van der Waals surface area contributed by atoms with Gasteiger partial charge in [0.2, 0.25) is 5.91 Å². The summed E-state index contributed by atoms with van der Waals surface area (Å²) >= 11 is 0. The number of carbonyl (C=O) groups excluding carboxylic acids is 1. The Labute approximate surface area is 200 Å². The Morgan fingerprint density at radius 2 is 1.71 bits per heavy atom. The minimum Gasteiger partial charge on any atom is -0.497 e. The van der Waals surface area contributed by atoms with Crippen molar-refractivity contribution in [3.8, 4) is 11.5 Å². The summed E-state index contributed by atoms with van der Waals surface area (Å²) in [7, 11) is 1.59. The van der Waals surface area contributed by atoms with Gasteiger partial charge in [0.15, 0.2) is 0 Å². The van der Waals surface area contributed by atoms with Crippen molar-refractivity contribution in [1.82, 2.24) is 10.2 Å². The fourth-order valence-electron chi connectivity index (χ4n) is 4.36. The third-order valence-electron chi connectivity index (χ3n) is 6.31. The van der Waals surface area contributed by atoms with E-state index in [-0.39, 0.29) is 17.6 Å². The summed E-state index contributed by atoms with van der Waals surface area (Å²) in [5.41, 5.74) is 1.23. The van der Waals surface area contributed by atoms with Crippen LogP contribution < -0.4 is 14.8 Å². The van der Waals surface area contributed by atoms with E-state index in [0.29, 0.717) is 17.9 Å². The molecule has 5 nitrogen and oxygen atoms in total. The molecule has 0 radical (unpaired) electrons. The smallest absolute Gasteiger partial charge is 0.223 e. The number of likely N-dealkylation sites (tertiary alicyclic amines) is 1. The highest BCUT2D eigenvalue weighted by Gasteiger charge is 2.28. The first-order chi connectivity index (χ1) is 16.6. The molecule has 178 valence electrons. The molecule has 0 aromatic heterocycles. The van der Waals surface area contributed by atoms with Crippen LogP contribution in [0.1, 0.15) is 30.0 Å². The molecule has 1 N–H and O–H groups in total. The van der Waals surface area contributed by atoms with Gasteiger partial charge in [-0.3, -0.25) is 9.69 Å². The molecular formula is C28H31FN2O3. The van der Waals surface area contributed by atoms with Gasteiger partial charge in [0.1, 0.15) is 23.9 Å². The third kappa shape index (κ3) is 6.14. The topological polar surface area (TPSA) is 50.8 Å². The first kappa shape index (κ1) is 23.8. The zero-order valence-electron chi connectivity index (χ0n) is 19.5. The van der Waals surface area contributed by atoms with E-state index in [1.54, 1.807) is 25.3 Å². The molecule has 0 spiro atoms. The van der Waals surface area contributed by atoms with Crippen LogP contribution in [0, 0.1) is 11.7 Å². The first-order valence-electron chi connectivity index (χ1n) is 11.7. The Hall–Kier alpha value is -3.38. The Balaban J connectivity index is 1.36. The van der Waals surface area contributed by atoms with Gasteiger partial charge in [-0.05, 0) is 61.8 Å². The fourth-order valence-corrected chi connectivity index (χ4v) is 4.36. The van der Waals surface area contributed by atoms with Crippen LogP contribution in [0.2, 0.25) is 0 Å². The predicted octanol–water partition coefficient (Wildman–Crippen LogP) is 4.83. The zero-order valence-corrected chi connectivity index (χ0v) is 19.5. The lowest BCUT2D eigenvalue weighted by Gasteiger charge is -2.32. The molecular weight excluding hydrogens is 431 g/mol. The highest BCUT2D eigenvalue weighted by atomic mass is 19.1. The molecule has 4 rings (SSSR count). The number of methoxy groups -OCH3 is 1. The number of carbonyl (C=O) groups is 1. The maximum absolute atomic E-state index is 14.7. The van der Waals surface area contributed by atoms with Crippen molar-refractivity contribution in [3.05, 3.63) is 95.8 Å². The molecule has 0 bridgehead atoms. The SMILES string of the molecule is COc1cccc(C(NC(=O)C2CCN(CCOc3ccccc3)CC2)c2ccccc2F)c1. The number of ether oxygens (including phenoxy) is 2. The first-order valence-corrected chi connectivity index (χ1v) is 11.7. The van der Waals surface area contributed by atoms with Gasteiger partial charge in [0, 0.05) is 18.0 Å². The number of para-hydroxylation sites is 1. The van der Waals surface area contributed by atoms with Crippen LogP contribution in [-0.4, -0.2) is 44.2 Å². The summed E-state index contributed by atoms with van der Waals surface area (Å²) in [4.78, 5) is 15.5. The predicted molar refractivity (Wildman–Crippen MR) is 130 cm³/mol. The second-order valence-corrected chi connectivity index (χ2v) is 8.52. The lowest BCUT2D eigenvalue weighted by Crippen LogP contribution is -2.43. The van der Waals surface area contributed by atoms with Crippen molar-refractivity contribution in [2.75, 3.05) is 33.4 Å². The van der Waals surface area contributed by atoms with Crippen molar-refractivity contribution in [2.24, 2.45) is 5.92 Å². The van der Waals surface area contributed by atoms with Gasteiger partial charge in [0.05, 0.1) is 13.2 Å². The van der Waals surface area contributed by atoms with Crippen molar-refractivity contribution in [2.45, 2.75) is 18.9 Å². The number of benzene rings is 3. The van der Waals surface area contributed by atoms with Gasteiger partial charge in [0.25, 0.3) is 0 Å². The largest absolute Gasteiger partial charge is 0.497 e. The van der Waals surface area contributed by atoms with Crippen molar-refractivity contribution < 1.29 is 18.7 Å². The summed E-state index contributed by atoms with van der Waals surface area (Å²) < 4.78 is 25.8. The van der Waals surface area contributed by atoms with E-state index in [4.69, 9.17) is 9.47 Å². The highest BCUT2D eigenvalue weighted by Crippen LogP contribution is 2.28. The number of rotatable bonds is 9. The number of halogens is 1. The van der Waals surface area contributed by atoms with E-state index in [0.717, 1.165) is 43.8 Å². The second kappa shape index (κ2) is 11.7. The minimum atomic E-state index is -0.582. The summed E-state index contributed by atoms with van der Waals surface area (Å²) in [6.07, 6.45) is 1.53. The molecule has 1 heterocycles. The number of amides is 1. The van der Waals surface area contributed by atoms with Crippen LogP contribution in [0.15, 0.2) is 78.9 Å². The maximum Gasteiger partial charge on any atom is 0.223 e. The molecule has 1 atom stereocenters. The maximum atomic E-state index is 14.7. The van der Waals surface area contributed by atoms with Crippen LogP contribution in [0.5, 0.6) is 11.5 Å². The van der Waals surface area contributed by atoms with E-state index in [1.807, 2.05) is 54.6 Å². The molecule has 34 heavy (non-hydrogen) atoms. The molecule has 0 aliphatic carbocycles. The average Bonchev–Trinajstić information content (AvgIpc) is 2.89. The number of piperidine rings is 1. The zero-order chi connectivity index (χ0) is 23.8. The molecule has 1 saturated heterocycles. The molecule has 1 fully saturated rings. The van der Waals surface area contributed by atoms with Gasteiger partial charge in [-0.25, -0.2) is 4.39 Å². The lowest BCUT2D eigenvalue weighted by molar-refractivity contribution is -0.127. The number of nitrogens with zero attached hydrogens (tertiary/aromatic N) is 1. The van der Waals surface area contributed by atoms with Crippen molar-refractivity contribution >= 4 is 5.91 Å². The lowest BCUT2D eigenvalue weighted by atomic mass is 9.93. The van der Waals surface area contributed by atoms with Crippen LogP contribution in [-0.2, 0) is 4.79 Å². The fraction of sp³-hybridized carbons (Fsp3) is 0.321. The molecule has 1 unspecified atom stereocenters. The Morgan fingerprint density at radius 1 is 1.00 bits per heavy atom. The summed E-state index contributed by atoms with van der Waals surface area (Å²) in [5, 5.41) is 3.11. The highest BCUT2D eigenvalue weighted by molar-refractivity contribution is 5.79. The van der Waals surface area contributed by atoms with Crippen LogP contribution in [0.3, 0.4) is 0 Å². The summed E-state index contributed by atoms with van der Waals surface area (Å²) in [6, 6.07) is 23.2. The minimum absolute atomic E-state index is 0.0451. The number of hydrogen-bond acceptors (Lipinski definition) is 4. The number of hydrogen-bond donors (Lipinski definition) is 1. The van der Waals surface area contributed by atoms with Gasteiger partial charge in [-0.2, -0.15) is 0 Å². The van der Waals surface area contributed by atoms with E-state index >= 15 is 0 Å². The van der Waals surface area contributed by atoms with Gasteiger partial charge >= 0.3 is 0 Å². The van der Waals surface area contributed by atoms with Crippen LogP contribution >= 0.6 is 0 Å². The van der Waals surface area contributed by atoms with Crippen molar-refractivity contribution in [1.29, 1.82) is 0 Å². The van der Waals surface area contributed by atoms with E-state index in [2.05, 4.69) is 10.2 Å². The van der Waals surface area contributed by atoms with Gasteiger partial charge in [-0.1, -0.05) is 48.5 Å². The normalized spacial score (nSPS) is 15.5. The molecule has 6 heteroatoms. The monoisotopic (exact) mass is 462 g/mol. The molecule has 3 aromatic carbocycles. The quantitative estimate of drug-likeness (QED) is 0.495. The van der Waals surface area contributed by atoms with Gasteiger partial charge in [-0.15, -0.1) is 0 Å². The third-order valence-corrected chi connectivity index (χ3v) is 6.31. The van der Waals surface area contributed by atoms with Crippen LogP contribution in [0.25, 0.3) is 0 Å². The average molecular weight is 463 g/mol. The van der Waals surface area contributed by atoms with Crippen LogP contribution in [0.4, 0.5) is 4.39 Å².